The van der Waals surface area contributed by atoms with Gasteiger partial charge in [0.1, 0.15) is 5.69 Å². The molecule has 0 aliphatic heterocycles. The summed E-state index contributed by atoms with van der Waals surface area (Å²) in [5, 5.41) is 12.1. The number of anilines is 1. The van der Waals surface area contributed by atoms with Gasteiger partial charge >= 0.3 is 0 Å². The molecule has 0 unspecified atom stereocenters. The van der Waals surface area contributed by atoms with Gasteiger partial charge in [0.05, 0.1) is 10.6 Å². The van der Waals surface area contributed by atoms with Crippen LogP contribution in [0.2, 0.25) is 10.0 Å². The predicted octanol–water partition coefficient (Wildman–Crippen LogP) is 4.72. The van der Waals surface area contributed by atoms with E-state index in [9.17, 15) is 10.1 Å². The van der Waals surface area contributed by atoms with Crippen molar-refractivity contribution in [3.05, 3.63) is 62.1 Å². The summed E-state index contributed by atoms with van der Waals surface area (Å²) in [5.41, 5.74) is 1.76. The molecule has 2 rings (SSSR count). The molecule has 0 aliphatic rings. The third-order valence-corrected chi connectivity index (χ3v) is 3.32. The summed E-state index contributed by atoms with van der Waals surface area (Å²) in [6.07, 6.45) is 1.54. The predicted molar refractivity (Wildman–Crippen MR) is 91.1 cm³/mol. The molecule has 2 aromatic rings. The van der Waals surface area contributed by atoms with Gasteiger partial charge in [-0.1, -0.05) is 29.3 Å². The Labute approximate surface area is 137 Å². The molecule has 0 fully saturated rings. The highest BCUT2D eigenvalue weighted by molar-refractivity contribution is 6.35. The van der Waals surface area contributed by atoms with E-state index in [1.54, 1.807) is 49.3 Å². The van der Waals surface area contributed by atoms with Gasteiger partial charge in [-0.05, 0) is 29.8 Å². The molecule has 0 aliphatic carbocycles. The SMILES string of the molecule is CN(C)c1ccc(C=Nc2cc(Cl)cc(Cl)c2)cc1[N+](=O)[O-]. The van der Waals surface area contributed by atoms with Gasteiger partial charge in [0.15, 0.2) is 0 Å². The van der Waals surface area contributed by atoms with Crippen LogP contribution in [0.15, 0.2) is 41.4 Å². The average Bonchev–Trinajstić information content (AvgIpc) is 2.43. The molecule has 0 atom stereocenters. The number of nitrogens with zero attached hydrogens (tertiary/aromatic N) is 3. The average molecular weight is 338 g/mol. The molecule has 0 spiro atoms. The number of halogens is 2. The number of nitro groups is 1. The normalized spacial score (nSPS) is 10.9. The van der Waals surface area contributed by atoms with E-state index in [0.717, 1.165) is 0 Å². The van der Waals surface area contributed by atoms with Crippen molar-refractivity contribution in [2.45, 2.75) is 0 Å². The summed E-state index contributed by atoms with van der Waals surface area (Å²) in [5.74, 6) is 0. The maximum absolute atomic E-state index is 11.1. The molecule has 0 saturated heterocycles. The van der Waals surface area contributed by atoms with Crippen molar-refractivity contribution < 1.29 is 4.92 Å². The molecule has 2 aromatic carbocycles. The summed E-state index contributed by atoms with van der Waals surface area (Å²) in [4.78, 5) is 16.7. The molecule has 22 heavy (non-hydrogen) atoms. The van der Waals surface area contributed by atoms with Crippen molar-refractivity contribution in [3.8, 4) is 0 Å². The third kappa shape index (κ3) is 3.96. The second-order valence-electron chi connectivity index (χ2n) is 4.79. The van der Waals surface area contributed by atoms with Crippen molar-refractivity contribution in [3.63, 3.8) is 0 Å². The lowest BCUT2D eigenvalue weighted by Gasteiger charge is -2.12. The van der Waals surface area contributed by atoms with Crippen LogP contribution >= 0.6 is 23.2 Å². The van der Waals surface area contributed by atoms with Crippen LogP contribution in [0.4, 0.5) is 17.1 Å². The molecule has 0 N–H and O–H groups in total. The van der Waals surface area contributed by atoms with E-state index in [1.165, 1.54) is 12.3 Å². The summed E-state index contributed by atoms with van der Waals surface area (Å²) >= 11 is 11.8. The van der Waals surface area contributed by atoms with Crippen molar-refractivity contribution in [2.75, 3.05) is 19.0 Å². The van der Waals surface area contributed by atoms with Gasteiger partial charge in [0.25, 0.3) is 5.69 Å². The first-order chi connectivity index (χ1) is 10.4. The Balaban J connectivity index is 2.35. The summed E-state index contributed by atoms with van der Waals surface area (Å²) < 4.78 is 0. The summed E-state index contributed by atoms with van der Waals surface area (Å²) in [6.45, 7) is 0. The quantitative estimate of drug-likeness (QED) is 0.460. The van der Waals surface area contributed by atoms with Crippen LogP contribution in [-0.2, 0) is 0 Å². The maximum atomic E-state index is 11.1. The zero-order valence-corrected chi connectivity index (χ0v) is 13.5. The highest BCUT2D eigenvalue weighted by Gasteiger charge is 2.15. The smallest absolute Gasteiger partial charge is 0.293 e. The maximum Gasteiger partial charge on any atom is 0.293 e. The molecule has 0 saturated carbocycles. The van der Waals surface area contributed by atoms with Gasteiger partial charge < -0.3 is 4.90 Å². The van der Waals surface area contributed by atoms with Gasteiger partial charge in [-0.3, -0.25) is 15.1 Å². The Morgan fingerprint density at radius 3 is 2.32 bits per heavy atom. The fourth-order valence-corrected chi connectivity index (χ4v) is 2.42. The molecule has 7 heteroatoms. The van der Waals surface area contributed by atoms with E-state index in [4.69, 9.17) is 23.2 Å². The van der Waals surface area contributed by atoms with E-state index in [-0.39, 0.29) is 5.69 Å². The van der Waals surface area contributed by atoms with E-state index in [2.05, 4.69) is 4.99 Å². The number of rotatable bonds is 4. The molecule has 5 nitrogen and oxygen atoms in total. The van der Waals surface area contributed by atoms with Crippen LogP contribution in [0, 0.1) is 10.1 Å². The fourth-order valence-electron chi connectivity index (χ4n) is 1.91. The van der Waals surface area contributed by atoms with Gasteiger partial charge in [-0.2, -0.15) is 0 Å². The first kappa shape index (κ1) is 16.3. The Kier molecular flexibility index (Phi) is 5.00. The van der Waals surface area contributed by atoms with Crippen LogP contribution in [-0.4, -0.2) is 25.2 Å². The van der Waals surface area contributed by atoms with Gasteiger partial charge in [0, 0.05) is 36.4 Å². The van der Waals surface area contributed by atoms with Crippen molar-refractivity contribution >= 4 is 46.5 Å². The van der Waals surface area contributed by atoms with Gasteiger partial charge in [0.2, 0.25) is 0 Å². The lowest BCUT2D eigenvalue weighted by Crippen LogP contribution is -2.11. The molecule has 0 amide bonds. The van der Waals surface area contributed by atoms with Crippen molar-refractivity contribution in [2.24, 2.45) is 4.99 Å². The molecule has 114 valence electrons. The Morgan fingerprint density at radius 2 is 1.77 bits per heavy atom. The minimum atomic E-state index is -0.414. The van der Waals surface area contributed by atoms with E-state index in [1.807, 2.05) is 0 Å². The molecule has 0 bridgehead atoms. The van der Waals surface area contributed by atoms with E-state index >= 15 is 0 Å². The lowest BCUT2D eigenvalue weighted by molar-refractivity contribution is -0.384. The zero-order valence-electron chi connectivity index (χ0n) is 12.0. The Bertz CT molecular complexity index is 725. The molecular formula is C15H13Cl2N3O2. The van der Waals surface area contributed by atoms with Crippen LogP contribution in [0.3, 0.4) is 0 Å². The standard InChI is InChI=1S/C15H13Cl2N3O2/c1-19(2)14-4-3-10(5-15(14)20(21)22)9-18-13-7-11(16)6-12(17)8-13/h3-9H,1-2H3. The highest BCUT2D eigenvalue weighted by atomic mass is 35.5. The van der Waals surface area contributed by atoms with Crippen LogP contribution in [0.25, 0.3) is 0 Å². The minimum absolute atomic E-state index is 0.0260. The number of hydrogen-bond donors (Lipinski definition) is 0. The number of aliphatic imine (C=N–C) groups is 1. The minimum Gasteiger partial charge on any atom is -0.372 e. The van der Waals surface area contributed by atoms with Crippen molar-refractivity contribution in [1.29, 1.82) is 0 Å². The van der Waals surface area contributed by atoms with Gasteiger partial charge in [-0.25, -0.2) is 0 Å². The van der Waals surface area contributed by atoms with Crippen LogP contribution < -0.4 is 4.90 Å². The highest BCUT2D eigenvalue weighted by Crippen LogP contribution is 2.28. The number of hydrogen-bond acceptors (Lipinski definition) is 4. The number of benzene rings is 2. The first-order valence-electron chi connectivity index (χ1n) is 6.33. The zero-order chi connectivity index (χ0) is 16.3. The molecule has 0 radical (unpaired) electrons. The second-order valence-corrected chi connectivity index (χ2v) is 5.66. The Morgan fingerprint density at radius 1 is 1.14 bits per heavy atom. The first-order valence-corrected chi connectivity index (χ1v) is 7.08. The second kappa shape index (κ2) is 6.77. The van der Waals surface area contributed by atoms with Gasteiger partial charge in [-0.15, -0.1) is 0 Å². The summed E-state index contributed by atoms with van der Waals surface area (Å²) in [6, 6.07) is 9.85. The van der Waals surface area contributed by atoms with E-state index in [0.29, 0.717) is 27.0 Å². The number of nitro benzene ring substituents is 1. The lowest BCUT2D eigenvalue weighted by atomic mass is 10.1. The largest absolute Gasteiger partial charge is 0.372 e. The Hall–Kier alpha value is -2.11. The topological polar surface area (TPSA) is 58.7 Å². The van der Waals surface area contributed by atoms with E-state index < -0.39 is 4.92 Å². The summed E-state index contributed by atoms with van der Waals surface area (Å²) in [7, 11) is 3.51. The van der Waals surface area contributed by atoms with Crippen LogP contribution in [0.1, 0.15) is 5.56 Å². The van der Waals surface area contributed by atoms with Crippen molar-refractivity contribution in [1.82, 2.24) is 0 Å². The molecule has 0 heterocycles. The monoisotopic (exact) mass is 337 g/mol. The third-order valence-electron chi connectivity index (χ3n) is 2.89. The molecular weight excluding hydrogens is 325 g/mol. The molecule has 0 aromatic heterocycles. The van der Waals surface area contributed by atoms with Crippen LogP contribution in [0.5, 0.6) is 0 Å². The fraction of sp³-hybridized carbons (Fsp3) is 0.133.